The summed E-state index contributed by atoms with van der Waals surface area (Å²) in [7, 11) is -3.24. The third-order valence-electron chi connectivity index (χ3n) is 6.23. The van der Waals surface area contributed by atoms with Gasteiger partial charge in [-0.15, -0.1) is 0 Å². The zero-order valence-corrected chi connectivity index (χ0v) is 19.7. The van der Waals surface area contributed by atoms with Gasteiger partial charge in [0.15, 0.2) is 0 Å². The molecular formula is C25H30N4O3S. The van der Waals surface area contributed by atoms with E-state index in [0.717, 1.165) is 22.8 Å². The van der Waals surface area contributed by atoms with Gasteiger partial charge in [0, 0.05) is 49.7 Å². The van der Waals surface area contributed by atoms with Gasteiger partial charge in [0.25, 0.3) is 5.91 Å². The summed E-state index contributed by atoms with van der Waals surface area (Å²) in [6.45, 7) is 3.29. The Labute approximate surface area is 195 Å². The Morgan fingerprint density at radius 3 is 2.48 bits per heavy atom. The van der Waals surface area contributed by atoms with E-state index < -0.39 is 10.0 Å². The number of pyridine rings is 2. The molecule has 0 N–H and O–H groups in total. The zero-order valence-electron chi connectivity index (χ0n) is 18.9. The van der Waals surface area contributed by atoms with Gasteiger partial charge in [-0.1, -0.05) is 37.6 Å². The van der Waals surface area contributed by atoms with Gasteiger partial charge in [0.1, 0.15) is 5.69 Å². The summed E-state index contributed by atoms with van der Waals surface area (Å²) < 4.78 is 26.8. The molecule has 1 aromatic carbocycles. The van der Waals surface area contributed by atoms with E-state index >= 15 is 0 Å². The fourth-order valence-electron chi connectivity index (χ4n) is 4.29. The molecule has 0 spiro atoms. The maximum absolute atomic E-state index is 13.6. The number of sulfonamides is 1. The van der Waals surface area contributed by atoms with Gasteiger partial charge < -0.3 is 4.90 Å². The normalized spacial score (nSPS) is 15.5. The van der Waals surface area contributed by atoms with E-state index in [0.29, 0.717) is 44.6 Å². The molecular weight excluding hydrogens is 436 g/mol. The highest BCUT2D eigenvalue weighted by atomic mass is 32.2. The van der Waals surface area contributed by atoms with E-state index in [1.807, 2.05) is 54.3 Å². The van der Waals surface area contributed by atoms with Crippen LogP contribution in [0.2, 0.25) is 0 Å². The zero-order chi connectivity index (χ0) is 23.3. The highest BCUT2D eigenvalue weighted by molar-refractivity contribution is 7.89. The molecule has 0 saturated carbocycles. The van der Waals surface area contributed by atoms with Crippen molar-refractivity contribution in [1.82, 2.24) is 19.2 Å². The molecule has 3 heterocycles. The summed E-state index contributed by atoms with van der Waals surface area (Å²) in [6, 6.07) is 13.4. The molecule has 2 aromatic heterocycles. The Bertz CT molecular complexity index is 1190. The van der Waals surface area contributed by atoms with Gasteiger partial charge in [-0.05, 0) is 48.4 Å². The van der Waals surface area contributed by atoms with E-state index in [4.69, 9.17) is 0 Å². The van der Waals surface area contributed by atoms with Crippen molar-refractivity contribution in [2.75, 3.05) is 18.8 Å². The van der Waals surface area contributed by atoms with Crippen molar-refractivity contribution in [2.24, 2.45) is 0 Å². The number of benzene rings is 1. The van der Waals surface area contributed by atoms with Crippen molar-refractivity contribution in [1.29, 1.82) is 0 Å². The smallest absolute Gasteiger partial charge is 0.273 e. The number of fused-ring (bicyclic) bond motifs is 1. The maximum Gasteiger partial charge on any atom is 0.273 e. The average molecular weight is 467 g/mol. The molecule has 1 aliphatic heterocycles. The van der Waals surface area contributed by atoms with Crippen LogP contribution in [0.3, 0.4) is 0 Å². The van der Waals surface area contributed by atoms with Gasteiger partial charge in [-0.25, -0.2) is 12.7 Å². The van der Waals surface area contributed by atoms with Crippen LogP contribution in [0.5, 0.6) is 0 Å². The molecule has 1 saturated heterocycles. The van der Waals surface area contributed by atoms with Crippen LogP contribution in [0.15, 0.2) is 61.1 Å². The van der Waals surface area contributed by atoms with Crippen molar-refractivity contribution >= 4 is 26.7 Å². The maximum atomic E-state index is 13.6. The summed E-state index contributed by atoms with van der Waals surface area (Å²) in [6.07, 6.45) is 7.90. The molecule has 4 rings (SSSR count). The minimum atomic E-state index is -3.24. The largest absolute Gasteiger partial charge is 0.330 e. The summed E-state index contributed by atoms with van der Waals surface area (Å²) >= 11 is 0. The van der Waals surface area contributed by atoms with Crippen LogP contribution < -0.4 is 0 Å². The quantitative estimate of drug-likeness (QED) is 0.503. The minimum Gasteiger partial charge on any atom is -0.330 e. The lowest BCUT2D eigenvalue weighted by molar-refractivity contribution is 0.0590. The topological polar surface area (TPSA) is 83.5 Å². The van der Waals surface area contributed by atoms with Gasteiger partial charge in [-0.3, -0.25) is 14.8 Å². The number of hydrogen-bond donors (Lipinski definition) is 0. The molecule has 0 radical (unpaired) electrons. The van der Waals surface area contributed by atoms with Crippen LogP contribution in [-0.2, 0) is 16.6 Å². The first-order chi connectivity index (χ1) is 16.0. The van der Waals surface area contributed by atoms with Crippen molar-refractivity contribution < 1.29 is 13.2 Å². The van der Waals surface area contributed by atoms with E-state index in [1.165, 1.54) is 0 Å². The molecule has 7 nitrogen and oxygen atoms in total. The molecule has 174 valence electrons. The lowest BCUT2D eigenvalue weighted by Gasteiger charge is -2.38. The van der Waals surface area contributed by atoms with Gasteiger partial charge in [0.05, 0.1) is 5.75 Å². The Morgan fingerprint density at radius 2 is 1.79 bits per heavy atom. The lowest BCUT2D eigenvalue weighted by Crippen LogP contribution is -2.49. The second-order valence-electron chi connectivity index (χ2n) is 8.50. The standard InChI is InChI=1S/C25H30N4O3S/c1-2-3-16-33(31,32)28-14-10-23(11-15-28)29(19-20-8-12-26-13-9-20)25(30)24-17-21-6-4-5-7-22(21)18-27-24/h4-9,12-13,17-18,23H,2-3,10-11,14-16,19H2,1H3. The first kappa shape index (κ1) is 23.3. The van der Waals surface area contributed by atoms with E-state index in [9.17, 15) is 13.2 Å². The van der Waals surface area contributed by atoms with Gasteiger partial charge >= 0.3 is 0 Å². The number of unbranched alkanes of at least 4 members (excludes halogenated alkanes) is 1. The molecule has 3 aromatic rings. The average Bonchev–Trinajstić information content (AvgIpc) is 2.86. The summed E-state index contributed by atoms with van der Waals surface area (Å²) in [5, 5.41) is 1.96. The molecule has 33 heavy (non-hydrogen) atoms. The predicted octanol–water partition coefficient (Wildman–Crippen LogP) is 3.87. The second-order valence-corrected chi connectivity index (χ2v) is 10.6. The highest BCUT2D eigenvalue weighted by Crippen LogP contribution is 2.24. The molecule has 1 amide bonds. The van der Waals surface area contributed by atoms with Crippen LogP contribution in [0.25, 0.3) is 10.8 Å². The van der Waals surface area contributed by atoms with Crippen molar-refractivity contribution in [3.8, 4) is 0 Å². The second kappa shape index (κ2) is 10.4. The number of amides is 1. The van der Waals surface area contributed by atoms with E-state index in [1.54, 1.807) is 22.9 Å². The Balaban J connectivity index is 1.55. The Morgan fingerprint density at radius 1 is 1.09 bits per heavy atom. The molecule has 1 aliphatic rings. The van der Waals surface area contributed by atoms with Crippen molar-refractivity contribution in [2.45, 2.75) is 45.2 Å². The Kier molecular flexibility index (Phi) is 7.35. The lowest BCUT2D eigenvalue weighted by atomic mass is 10.0. The summed E-state index contributed by atoms with van der Waals surface area (Å²) in [5.41, 5.74) is 1.39. The van der Waals surface area contributed by atoms with Crippen LogP contribution in [0, 0.1) is 0 Å². The monoisotopic (exact) mass is 466 g/mol. The number of carbonyl (C=O) groups is 1. The third-order valence-corrected chi connectivity index (χ3v) is 8.18. The predicted molar refractivity (Wildman–Crippen MR) is 129 cm³/mol. The molecule has 0 aliphatic carbocycles. The SMILES string of the molecule is CCCCS(=O)(=O)N1CCC(N(Cc2ccncc2)C(=O)c2cc3ccccc3cn2)CC1. The van der Waals surface area contributed by atoms with E-state index in [2.05, 4.69) is 9.97 Å². The first-order valence-corrected chi connectivity index (χ1v) is 13.1. The van der Waals surface area contributed by atoms with Gasteiger partial charge in [0.2, 0.25) is 10.0 Å². The number of carbonyl (C=O) groups excluding carboxylic acids is 1. The molecule has 0 unspecified atom stereocenters. The Hall–Kier alpha value is -2.84. The molecule has 1 fully saturated rings. The fourth-order valence-corrected chi connectivity index (χ4v) is 5.97. The summed E-state index contributed by atoms with van der Waals surface area (Å²) in [4.78, 5) is 24.0. The number of hydrogen-bond acceptors (Lipinski definition) is 5. The van der Waals surface area contributed by atoms with E-state index in [-0.39, 0.29) is 17.7 Å². The molecule has 8 heteroatoms. The van der Waals surface area contributed by atoms with Crippen LogP contribution in [0.4, 0.5) is 0 Å². The number of nitrogens with zero attached hydrogens (tertiary/aromatic N) is 4. The molecule has 0 bridgehead atoms. The fraction of sp³-hybridized carbons (Fsp3) is 0.400. The summed E-state index contributed by atoms with van der Waals surface area (Å²) in [5.74, 6) is 0.0549. The number of rotatable bonds is 8. The molecule has 0 atom stereocenters. The minimum absolute atomic E-state index is 0.0587. The van der Waals surface area contributed by atoms with Crippen LogP contribution >= 0.6 is 0 Å². The third kappa shape index (κ3) is 5.57. The number of piperidine rings is 1. The van der Waals surface area contributed by atoms with Crippen LogP contribution in [0.1, 0.15) is 48.7 Å². The van der Waals surface area contributed by atoms with Gasteiger partial charge in [-0.2, -0.15) is 0 Å². The first-order valence-electron chi connectivity index (χ1n) is 11.5. The van der Waals surface area contributed by atoms with Crippen molar-refractivity contribution in [3.63, 3.8) is 0 Å². The highest BCUT2D eigenvalue weighted by Gasteiger charge is 2.33. The van der Waals surface area contributed by atoms with Crippen LogP contribution in [-0.4, -0.2) is 58.4 Å². The number of aromatic nitrogens is 2. The van der Waals surface area contributed by atoms with Crippen molar-refractivity contribution in [3.05, 3.63) is 72.3 Å².